The molecule has 4 saturated carbocycles. The first-order chi connectivity index (χ1) is 13.3. The third-order valence-electron chi connectivity index (χ3n) is 10.5. The highest BCUT2D eigenvalue weighted by Gasteiger charge is 2.64. The van der Waals surface area contributed by atoms with E-state index in [1.807, 2.05) is 0 Å². The van der Waals surface area contributed by atoms with Gasteiger partial charge < -0.3 is 5.11 Å². The lowest BCUT2D eigenvalue weighted by Crippen LogP contribution is -2.60. The summed E-state index contributed by atoms with van der Waals surface area (Å²) < 4.78 is 1.25. The molecule has 0 amide bonds. The third-order valence-corrected chi connectivity index (χ3v) is 11.1. The number of aliphatic hydroxyl groups is 1. The second-order valence-electron chi connectivity index (χ2n) is 11.4. The van der Waals surface area contributed by atoms with Crippen LogP contribution in [0.3, 0.4) is 0 Å². The fraction of sp³-hybridized carbons (Fsp3) is 0.960. The van der Waals surface area contributed by atoms with Crippen molar-refractivity contribution in [2.24, 2.45) is 52.3 Å². The highest BCUT2D eigenvalue weighted by atomic mass is 127. The lowest BCUT2D eigenvalue weighted by molar-refractivity contribution is -0.173. The Balaban J connectivity index is 1.68. The standard InChI is InChI=1S/C25H41IO2/c1-5-17-21-14-16(27)8-11-25(21,4)20-9-12-24(3)18(15(2)10-13-26)6-7-19(24)22(20)23(17)28/h15-22,27H,5-14H2,1-4H3/t15-,16-,17-,18?,19?,20?,21?,22?,24-,25-/m1/s1. The number of carbonyl (C=O) groups excluding carboxylic acids is 1. The molecular formula is C25H41IO2. The van der Waals surface area contributed by atoms with Crippen molar-refractivity contribution in [3.63, 3.8) is 0 Å². The van der Waals surface area contributed by atoms with Crippen molar-refractivity contribution in [2.45, 2.75) is 91.6 Å². The van der Waals surface area contributed by atoms with Crippen LogP contribution in [-0.4, -0.2) is 21.4 Å². The summed E-state index contributed by atoms with van der Waals surface area (Å²) in [5.41, 5.74) is 0.642. The molecule has 0 aromatic rings. The van der Waals surface area contributed by atoms with E-state index in [-0.39, 0.29) is 17.4 Å². The Morgan fingerprint density at radius 2 is 1.75 bits per heavy atom. The zero-order valence-electron chi connectivity index (χ0n) is 18.4. The Bertz CT molecular complexity index is 605. The van der Waals surface area contributed by atoms with Gasteiger partial charge in [-0.25, -0.2) is 0 Å². The topological polar surface area (TPSA) is 37.3 Å². The van der Waals surface area contributed by atoms with Crippen molar-refractivity contribution in [1.29, 1.82) is 0 Å². The van der Waals surface area contributed by atoms with Crippen molar-refractivity contribution in [1.82, 2.24) is 0 Å². The summed E-state index contributed by atoms with van der Waals surface area (Å²) in [5.74, 6) is 4.27. The molecule has 2 nitrogen and oxygen atoms in total. The summed E-state index contributed by atoms with van der Waals surface area (Å²) >= 11 is 2.53. The van der Waals surface area contributed by atoms with Gasteiger partial charge >= 0.3 is 0 Å². The second-order valence-corrected chi connectivity index (χ2v) is 12.5. The van der Waals surface area contributed by atoms with Crippen LogP contribution in [0.2, 0.25) is 0 Å². The maximum absolute atomic E-state index is 13.9. The molecule has 4 fully saturated rings. The first-order valence-corrected chi connectivity index (χ1v) is 13.6. The van der Waals surface area contributed by atoms with E-state index in [1.165, 1.54) is 36.5 Å². The Kier molecular flexibility index (Phi) is 6.02. The van der Waals surface area contributed by atoms with Crippen molar-refractivity contribution in [3.05, 3.63) is 0 Å². The average molecular weight is 501 g/mol. The van der Waals surface area contributed by atoms with Gasteiger partial charge in [0.1, 0.15) is 5.78 Å². The molecule has 0 bridgehead atoms. The summed E-state index contributed by atoms with van der Waals surface area (Å²) in [6.45, 7) is 9.75. The number of fused-ring (bicyclic) bond motifs is 5. The number of hydrogen-bond donors (Lipinski definition) is 1. The van der Waals surface area contributed by atoms with Gasteiger partial charge in [-0.3, -0.25) is 4.79 Å². The molecule has 0 saturated heterocycles. The van der Waals surface area contributed by atoms with Gasteiger partial charge in [0.15, 0.2) is 0 Å². The quantitative estimate of drug-likeness (QED) is 0.364. The molecule has 0 aromatic heterocycles. The van der Waals surface area contributed by atoms with Gasteiger partial charge in [-0.2, -0.15) is 0 Å². The van der Waals surface area contributed by atoms with E-state index in [9.17, 15) is 9.90 Å². The Morgan fingerprint density at radius 1 is 1.07 bits per heavy atom. The van der Waals surface area contributed by atoms with Crippen molar-refractivity contribution >= 4 is 28.4 Å². The van der Waals surface area contributed by atoms with Crippen molar-refractivity contribution in [2.75, 3.05) is 4.43 Å². The second kappa shape index (κ2) is 7.80. The van der Waals surface area contributed by atoms with E-state index in [4.69, 9.17) is 0 Å². The molecule has 4 rings (SSSR count). The van der Waals surface area contributed by atoms with E-state index in [2.05, 4.69) is 50.3 Å². The molecule has 0 spiro atoms. The third kappa shape index (κ3) is 3.07. The lowest BCUT2D eigenvalue weighted by atomic mass is 9.42. The summed E-state index contributed by atoms with van der Waals surface area (Å²) in [7, 11) is 0. The van der Waals surface area contributed by atoms with Crippen LogP contribution < -0.4 is 0 Å². The number of aliphatic hydroxyl groups excluding tert-OH is 1. The Labute approximate surface area is 186 Å². The van der Waals surface area contributed by atoms with Crippen LogP contribution in [0.5, 0.6) is 0 Å². The Morgan fingerprint density at radius 3 is 2.43 bits per heavy atom. The number of ketones is 1. The summed E-state index contributed by atoms with van der Waals surface area (Å²) in [6.07, 6.45) is 10.2. The van der Waals surface area contributed by atoms with Gasteiger partial charge in [-0.15, -0.1) is 0 Å². The first-order valence-electron chi connectivity index (χ1n) is 12.1. The molecule has 0 aliphatic heterocycles. The fourth-order valence-electron chi connectivity index (χ4n) is 8.98. The predicted molar refractivity (Wildman–Crippen MR) is 123 cm³/mol. The number of rotatable bonds is 4. The molecule has 0 aromatic carbocycles. The number of alkyl halides is 1. The summed E-state index contributed by atoms with van der Waals surface area (Å²) in [5, 5.41) is 10.4. The monoisotopic (exact) mass is 500 g/mol. The van der Waals surface area contributed by atoms with Gasteiger partial charge in [-0.1, -0.05) is 50.3 Å². The van der Waals surface area contributed by atoms with Crippen LogP contribution in [-0.2, 0) is 4.79 Å². The summed E-state index contributed by atoms with van der Waals surface area (Å²) in [4.78, 5) is 13.9. The van der Waals surface area contributed by atoms with Gasteiger partial charge in [-0.05, 0) is 103 Å². The number of Topliss-reactive ketones (excluding diaryl/α,β-unsaturated/α-hetero) is 1. The Hall–Kier alpha value is 0.360. The van der Waals surface area contributed by atoms with Gasteiger partial charge in [0.2, 0.25) is 0 Å². The molecule has 1 N–H and O–H groups in total. The van der Waals surface area contributed by atoms with E-state index >= 15 is 0 Å². The summed E-state index contributed by atoms with van der Waals surface area (Å²) in [6, 6.07) is 0. The lowest BCUT2D eigenvalue weighted by Gasteiger charge is -2.62. The minimum absolute atomic E-state index is 0.185. The van der Waals surface area contributed by atoms with Crippen LogP contribution in [0, 0.1) is 52.3 Å². The van der Waals surface area contributed by atoms with E-state index in [0.717, 1.165) is 37.5 Å². The minimum atomic E-state index is -0.185. The molecule has 0 radical (unpaired) electrons. The average Bonchev–Trinajstić information content (AvgIpc) is 3.01. The highest BCUT2D eigenvalue weighted by Crippen LogP contribution is 2.68. The van der Waals surface area contributed by atoms with E-state index < -0.39 is 0 Å². The SMILES string of the molecule is CC[C@H]1C(=O)C2C3CCC([C@H](C)CCI)[C@@]3(C)CCC2[C@@]2(C)CC[C@@H](O)CC12. The fourth-order valence-corrected chi connectivity index (χ4v) is 9.97. The van der Waals surface area contributed by atoms with Gasteiger partial charge in [0.05, 0.1) is 6.10 Å². The molecule has 160 valence electrons. The predicted octanol–water partition coefficient (Wildman–Crippen LogP) is 6.28. The molecule has 5 unspecified atom stereocenters. The van der Waals surface area contributed by atoms with Crippen LogP contribution >= 0.6 is 22.6 Å². The maximum Gasteiger partial charge on any atom is 0.139 e. The first kappa shape index (κ1) is 21.6. The maximum atomic E-state index is 13.9. The van der Waals surface area contributed by atoms with Crippen molar-refractivity contribution in [3.8, 4) is 0 Å². The van der Waals surface area contributed by atoms with Gasteiger partial charge in [0, 0.05) is 11.8 Å². The largest absolute Gasteiger partial charge is 0.393 e. The van der Waals surface area contributed by atoms with Crippen LogP contribution in [0.15, 0.2) is 0 Å². The number of carbonyl (C=O) groups is 1. The number of halogens is 1. The molecular weight excluding hydrogens is 459 g/mol. The van der Waals surface area contributed by atoms with E-state index in [1.54, 1.807) is 0 Å². The normalized spacial score (nSPS) is 51.9. The molecule has 4 aliphatic carbocycles. The number of hydrogen-bond acceptors (Lipinski definition) is 2. The zero-order chi connectivity index (χ0) is 20.3. The highest BCUT2D eigenvalue weighted by molar-refractivity contribution is 14.1. The smallest absolute Gasteiger partial charge is 0.139 e. The van der Waals surface area contributed by atoms with Crippen LogP contribution in [0.25, 0.3) is 0 Å². The molecule has 10 atom stereocenters. The molecule has 28 heavy (non-hydrogen) atoms. The molecule has 4 aliphatic rings. The van der Waals surface area contributed by atoms with Gasteiger partial charge in [0.25, 0.3) is 0 Å². The van der Waals surface area contributed by atoms with Crippen LogP contribution in [0.4, 0.5) is 0 Å². The van der Waals surface area contributed by atoms with E-state index in [0.29, 0.717) is 34.9 Å². The van der Waals surface area contributed by atoms with Crippen molar-refractivity contribution < 1.29 is 9.90 Å². The minimum Gasteiger partial charge on any atom is -0.393 e. The zero-order valence-corrected chi connectivity index (χ0v) is 20.6. The molecule has 0 heterocycles. The molecule has 3 heteroatoms. The van der Waals surface area contributed by atoms with Crippen LogP contribution in [0.1, 0.15) is 85.5 Å².